The summed E-state index contributed by atoms with van der Waals surface area (Å²) in [5.41, 5.74) is 3.85. The lowest BCUT2D eigenvalue weighted by atomic mass is 9.82. The number of carbonyl (C=O) groups is 2. The largest absolute Gasteiger partial charge is 0.354 e. The van der Waals surface area contributed by atoms with Crippen molar-refractivity contribution in [3.8, 4) is 0 Å². The van der Waals surface area contributed by atoms with E-state index < -0.39 is 22.2 Å². The molecule has 0 bridgehead atoms. The van der Waals surface area contributed by atoms with Gasteiger partial charge in [0.15, 0.2) is 33.7 Å². The van der Waals surface area contributed by atoms with E-state index in [1.54, 1.807) is 60.7 Å². The first-order valence-corrected chi connectivity index (χ1v) is 16.8. The third-order valence-corrected chi connectivity index (χ3v) is 9.15. The minimum Gasteiger partial charge on any atom is -0.354 e. The lowest BCUT2D eigenvalue weighted by Gasteiger charge is -2.24. The van der Waals surface area contributed by atoms with Gasteiger partial charge in [-0.15, -0.1) is 0 Å². The fraction of sp³-hybridized carbons (Fsp3) is 0.235. The van der Waals surface area contributed by atoms with Gasteiger partial charge in [-0.2, -0.15) is 0 Å². The van der Waals surface area contributed by atoms with E-state index in [1.165, 1.54) is 0 Å². The van der Waals surface area contributed by atoms with Gasteiger partial charge in [0.2, 0.25) is 0 Å². The number of aryl methyl sites for hydroxylation is 2. The standard InChI is InChI=1S/C34H34N2O6S2/c1-3-5-9-21-13-15-25(29(19-21)43(39)40)35-27-17-18-28(32-31(27)33(37)23-11-7-8-12-24(23)34(32)38)36-26-16-14-22(10-6-4-2)20-30(26)44(41)42/h7-8,11-20,35-36H,3-6,9-10H2,1-2H3,(H,39,40)(H,41,42). The second kappa shape index (κ2) is 13.8. The fourth-order valence-electron chi connectivity index (χ4n) is 5.42. The van der Waals surface area contributed by atoms with Crippen LogP contribution >= 0.6 is 0 Å². The number of hydrogen-bond acceptors (Lipinski definition) is 6. The minimum absolute atomic E-state index is 0.106. The van der Waals surface area contributed by atoms with Crippen molar-refractivity contribution in [2.24, 2.45) is 0 Å². The molecule has 0 radical (unpaired) electrons. The third kappa shape index (κ3) is 6.44. The highest BCUT2D eigenvalue weighted by Gasteiger charge is 2.34. The lowest BCUT2D eigenvalue weighted by Crippen LogP contribution is -2.23. The second-order valence-corrected chi connectivity index (χ2v) is 12.6. The first kappa shape index (κ1) is 31.5. The zero-order chi connectivity index (χ0) is 31.4. The summed E-state index contributed by atoms with van der Waals surface area (Å²) in [5, 5.41) is 6.30. The Hall–Kier alpha value is -3.96. The first-order valence-electron chi connectivity index (χ1n) is 14.6. The predicted octanol–water partition coefficient (Wildman–Crippen LogP) is 7.80. The van der Waals surface area contributed by atoms with Gasteiger partial charge in [-0.1, -0.05) is 63.1 Å². The SMILES string of the molecule is CCCCc1ccc(Nc2ccc(Nc3ccc(CCCC)cc3S(=O)O)c3c2C(=O)c2ccccc2C3=O)c(S(=O)O)c1. The summed E-state index contributed by atoms with van der Waals surface area (Å²) in [4.78, 5) is 28.3. The van der Waals surface area contributed by atoms with Crippen LogP contribution in [0.15, 0.2) is 82.6 Å². The second-order valence-electron chi connectivity index (χ2n) is 10.7. The molecular formula is C34H34N2O6S2. The average molecular weight is 631 g/mol. The molecule has 4 N–H and O–H groups in total. The topological polar surface area (TPSA) is 133 Å². The molecule has 228 valence electrons. The van der Waals surface area contributed by atoms with Gasteiger partial charge < -0.3 is 19.7 Å². The molecule has 0 heterocycles. The van der Waals surface area contributed by atoms with Crippen LogP contribution < -0.4 is 10.6 Å². The molecule has 8 nitrogen and oxygen atoms in total. The van der Waals surface area contributed by atoms with Crippen molar-refractivity contribution in [2.75, 3.05) is 10.6 Å². The van der Waals surface area contributed by atoms with Crippen LogP contribution in [0.1, 0.15) is 82.5 Å². The van der Waals surface area contributed by atoms with Crippen molar-refractivity contribution >= 4 is 56.5 Å². The van der Waals surface area contributed by atoms with E-state index in [4.69, 9.17) is 0 Å². The zero-order valence-corrected chi connectivity index (χ0v) is 26.1. The summed E-state index contributed by atoms with van der Waals surface area (Å²) in [6.45, 7) is 4.15. The Bertz CT molecular complexity index is 1670. The maximum Gasteiger partial charge on any atom is 0.196 e. The number of hydrogen-bond donors (Lipinski definition) is 4. The maximum atomic E-state index is 14.0. The summed E-state index contributed by atoms with van der Waals surface area (Å²) < 4.78 is 44.8. The van der Waals surface area contributed by atoms with Gasteiger partial charge in [-0.3, -0.25) is 9.59 Å². The Balaban J connectivity index is 1.62. The van der Waals surface area contributed by atoms with E-state index in [9.17, 15) is 27.1 Å². The van der Waals surface area contributed by atoms with E-state index in [2.05, 4.69) is 24.5 Å². The Morgan fingerprint density at radius 3 is 1.34 bits per heavy atom. The van der Waals surface area contributed by atoms with Crippen LogP contribution in [0, 0.1) is 0 Å². The molecule has 0 amide bonds. The molecule has 1 aliphatic rings. The number of ketones is 2. The molecule has 0 saturated carbocycles. The molecule has 44 heavy (non-hydrogen) atoms. The molecule has 0 aliphatic heterocycles. The Kier molecular flexibility index (Phi) is 9.85. The van der Waals surface area contributed by atoms with Gasteiger partial charge >= 0.3 is 0 Å². The Morgan fingerprint density at radius 2 is 0.977 bits per heavy atom. The van der Waals surface area contributed by atoms with Gasteiger partial charge in [0, 0.05) is 11.1 Å². The normalized spacial score (nSPS) is 13.6. The quantitative estimate of drug-likeness (QED) is 0.103. The Labute approximate surface area is 261 Å². The average Bonchev–Trinajstić information content (AvgIpc) is 3.02. The van der Waals surface area contributed by atoms with Gasteiger partial charge in [-0.05, 0) is 73.2 Å². The molecule has 5 rings (SSSR count). The number of rotatable bonds is 12. The number of nitrogens with one attached hydrogen (secondary N) is 2. The predicted molar refractivity (Wildman–Crippen MR) is 174 cm³/mol. The van der Waals surface area contributed by atoms with Crippen molar-refractivity contribution in [3.05, 3.63) is 106 Å². The monoisotopic (exact) mass is 630 g/mol. The molecule has 0 spiro atoms. The summed E-state index contributed by atoms with van der Waals surface area (Å²) in [6, 6.07) is 20.4. The molecule has 1 aliphatic carbocycles. The minimum atomic E-state index is -2.31. The van der Waals surface area contributed by atoms with Crippen LogP contribution in [-0.2, 0) is 35.0 Å². The molecule has 4 aromatic carbocycles. The van der Waals surface area contributed by atoms with Crippen molar-refractivity contribution in [2.45, 2.75) is 62.2 Å². The number of benzene rings is 4. The summed E-state index contributed by atoms with van der Waals surface area (Å²) >= 11 is -4.61. The van der Waals surface area contributed by atoms with Gasteiger partial charge in [0.05, 0.1) is 43.7 Å². The van der Waals surface area contributed by atoms with Crippen LogP contribution in [0.2, 0.25) is 0 Å². The van der Waals surface area contributed by atoms with Gasteiger partial charge in [-0.25, -0.2) is 8.42 Å². The van der Waals surface area contributed by atoms with Crippen molar-refractivity contribution in [3.63, 3.8) is 0 Å². The highest BCUT2D eigenvalue weighted by molar-refractivity contribution is 7.79. The first-order chi connectivity index (χ1) is 21.2. The highest BCUT2D eigenvalue weighted by Crippen LogP contribution is 2.40. The van der Waals surface area contributed by atoms with E-state index >= 15 is 0 Å². The highest BCUT2D eigenvalue weighted by atomic mass is 32.2. The lowest BCUT2D eigenvalue weighted by molar-refractivity contribution is 0.0980. The summed E-state index contributed by atoms with van der Waals surface area (Å²) in [7, 11) is 0. The van der Waals surface area contributed by atoms with E-state index in [-0.39, 0.29) is 43.6 Å². The maximum absolute atomic E-state index is 14.0. The fourth-order valence-corrected chi connectivity index (χ4v) is 6.54. The van der Waals surface area contributed by atoms with E-state index in [0.717, 1.165) is 49.7 Å². The summed E-state index contributed by atoms with van der Waals surface area (Å²) in [6.07, 6.45) is 5.38. The molecule has 10 heteroatoms. The van der Waals surface area contributed by atoms with Crippen LogP contribution in [0.3, 0.4) is 0 Å². The van der Waals surface area contributed by atoms with Crippen molar-refractivity contribution < 1.29 is 27.1 Å². The molecular weight excluding hydrogens is 597 g/mol. The Morgan fingerprint density at radius 1 is 0.591 bits per heavy atom. The molecule has 2 atom stereocenters. The number of carbonyl (C=O) groups excluding carboxylic acids is 2. The molecule has 0 saturated heterocycles. The van der Waals surface area contributed by atoms with Crippen molar-refractivity contribution in [1.82, 2.24) is 0 Å². The molecule has 0 aromatic heterocycles. The van der Waals surface area contributed by atoms with Gasteiger partial charge in [0.25, 0.3) is 0 Å². The van der Waals surface area contributed by atoms with Gasteiger partial charge in [0.1, 0.15) is 0 Å². The van der Waals surface area contributed by atoms with Crippen LogP contribution in [0.25, 0.3) is 0 Å². The molecule has 4 aromatic rings. The van der Waals surface area contributed by atoms with Crippen LogP contribution in [0.4, 0.5) is 22.7 Å². The third-order valence-electron chi connectivity index (χ3n) is 7.72. The number of fused-ring (bicyclic) bond motifs is 2. The number of unbranched alkanes of at least 4 members (excludes halogenated alkanes) is 2. The van der Waals surface area contributed by atoms with E-state index in [0.29, 0.717) is 22.7 Å². The number of anilines is 4. The molecule has 0 fully saturated rings. The summed E-state index contributed by atoms with van der Waals surface area (Å²) in [5.74, 6) is -0.762. The smallest absolute Gasteiger partial charge is 0.196 e. The van der Waals surface area contributed by atoms with Crippen molar-refractivity contribution in [1.29, 1.82) is 0 Å². The van der Waals surface area contributed by atoms with Crippen LogP contribution in [0.5, 0.6) is 0 Å². The molecule has 2 unspecified atom stereocenters. The van der Waals surface area contributed by atoms with E-state index in [1.807, 2.05) is 12.1 Å². The zero-order valence-electron chi connectivity index (χ0n) is 24.5. The van der Waals surface area contributed by atoms with Crippen LogP contribution in [-0.4, -0.2) is 29.1 Å².